The van der Waals surface area contributed by atoms with Gasteiger partial charge in [0.15, 0.2) is 0 Å². The molecule has 1 unspecified atom stereocenters. The van der Waals surface area contributed by atoms with E-state index in [9.17, 15) is 14.7 Å². The summed E-state index contributed by atoms with van der Waals surface area (Å²) in [5.41, 5.74) is 1.60. The molecule has 1 aromatic carbocycles. The van der Waals surface area contributed by atoms with Gasteiger partial charge in [-0.15, -0.1) is 0 Å². The number of aliphatic hydroxyl groups is 2. The predicted molar refractivity (Wildman–Crippen MR) is 79.1 cm³/mol. The number of aromatic carboxylic acids is 1. The average Bonchev–Trinajstić information content (AvgIpc) is 2.50. The highest BCUT2D eigenvalue weighted by Crippen LogP contribution is 2.26. The highest BCUT2D eigenvalue weighted by molar-refractivity contribution is 5.88. The second-order valence-corrected chi connectivity index (χ2v) is 4.87. The molecule has 22 heavy (non-hydrogen) atoms. The van der Waals surface area contributed by atoms with E-state index < -0.39 is 24.6 Å². The van der Waals surface area contributed by atoms with Crippen LogP contribution < -0.4 is 10.1 Å². The van der Waals surface area contributed by atoms with Crippen LogP contribution in [0.3, 0.4) is 0 Å². The number of nitrogens with one attached hydrogen (secondary N) is 1. The number of amides is 1. The van der Waals surface area contributed by atoms with Crippen molar-refractivity contribution in [3.63, 3.8) is 0 Å². The van der Waals surface area contributed by atoms with E-state index in [1.54, 1.807) is 13.0 Å². The van der Waals surface area contributed by atoms with Gasteiger partial charge in [0.2, 0.25) is 5.91 Å². The van der Waals surface area contributed by atoms with Crippen molar-refractivity contribution in [1.82, 2.24) is 5.32 Å². The van der Waals surface area contributed by atoms with Gasteiger partial charge in [-0.1, -0.05) is 6.92 Å². The Hall–Kier alpha value is -2.12. The summed E-state index contributed by atoms with van der Waals surface area (Å²) in [6, 6.07) is 3.06. The number of carbonyl (C=O) groups is 2. The van der Waals surface area contributed by atoms with E-state index in [1.165, 1.54) is 6.07 Å². The maximum Gasteiger partial charge on any atom is 0.335 e. The fourth-order valence-electron chi connectivity index (χ4n) is 1.97. The summed E-state index contributed by atoms with van der Waals surface area (Å²) >= 11 is 0. The molecule has 1 amide bonds. The lowest BCUT2D eigenvalue weighted by atomic mass is 10.0. The number of ether oxygens (including phenoxy) is 1. The van der Waals surface area contributed by atoms with Gasteiger partial charge in [-0.05, 0) is 36.6 Å². The Balaban J connectivity index is 2.73. The number of carboxylic acids is 1. The van der Waals surface area contributed by atoms with Gasteiger partial charge in [-0.3, -0.25) is 4.79 Å². The Labute approximate surface area is 128 Å². The number of hydrogen-bond donors (Lipinski definition) is 4. The first-order valence-corrected chi connectivity index (χ1v) is 6.94. The van der Waals surface area contributed by atoms with E-state index in [0.717, 1.165) is 5.56 Å². The van der Waals surface area contributed by atoms with Crippen molar-refractivity contribution in [1.29, 1.82) is 0 Å². The van der Waals surface area contributed by atoms with Gasteiger partial charge in [0.25, 0.3) is 0 Å². The summed E-state index contributed by atoms with van der Waals surface area (Å²) in [5.74, 6) is -1.04. The number of aliphatic hydroxyl groups excluding tert-OH is 2. The molecule has 1 atom stereocenters. The zero-order chi connectivity index (χ0) is 16.7. The number of carbonyl (C=O) groups excluding carboxylic acids is 1. The zero-order valence-electron chi connectivity index (χ0n) is 12.6. The molecule has 0 bridgehead atoms. The van der Waals surface area contributed by atoms with Crippen LogP contribution >= 0.6 is 0 Å². The molecule has 0 aliphatic rings. The van der Waals surface area contributed by atoms with Crippen molar-refractivity contribution < 1.29 is 29.6 Å². The molecule has 0 saturated carbocycles. The Morgan fingerprint density at radius 1 is 1.36 bits per heavy atom. The molecule has 0 aromatic heterocycles. The van der Waals surface area contributed by atoms with Crippen molar-refractivity contribution in [2.45, 2.75) is 26.4 Å². The van der Waals surface area contributed by atoms with Crippen molar-refractivity contribution in [3.05, 3.63) is 28.8 Å². The molecule has 0 aliphatic heterocycles. The lowest BCUT2D eigenvalue weighted by Crippen LogP contribution is -2.36. The smallest absolute Gasteiger partial charge is 0.335 e. The molecule has 0 fully saturated rings. The van der Waals surface area contributed by atoms with Gasteiger partial charge < -0.3 is 25.4 Å². The van der Waals surface area contributed by atoms with E-state index in [0.29, 0.717) is 17.7 Å². The minimum absolute atomic E-state index is 0.0346. The number of rotatable bonds is 8. The molecule has 7 heteroatoms. The predicted octanol–water partition coefficient (Wildman–Crippen LogP) is 0.104. The standard InChI is InChI=1S/C15H21NO6/c1-3-10-5-11(15(20)21)4-9(2)14(10)22-8-12(18)6-16-13(19)7-17/h4-5,12,17-18H,3,6-8H2,1-2H3,(H,16,19)(H,20,21). The van der Waals surface area contributed by atoms with Crippen molar-refractivity contribution in [3.8, 4) is 5.75 Å². The van der Waals surface area contributed by atoms with E-state index >= 15 is 0 Å². The third-order valence-electron chi connectivity index (χ3n) is 3.08. The molecule has 0 spiro atoms. The third kappa shape index (κ3) is 5.01. The first-order valence-electron chi connectivity index (χ1n) is 6.94. The Kier molecular flexibility index (Phi) is 6.81. The summed E-state index contributed by atoms with van der Waals surface area (Å²) in [5, 5.41) is 29.7. The van der Waals surface area contributed by atoms with Crippen LogP contribution in [0.2, 0.25) is 0 Å². The van der Waals surface area contributed by atoms with Crippen LogP contribution in [0.4, 0.5) is 0 Å². The van der Waals surface area contributed by atoms with Gasteiger partial charge in [-0.25, -0.2) is 4.79 Å². The molecule has 0 saturated heterocycles. The fraction of sp³-hybridized carbons (Fsp3) is 0.467. The molecular weight excluding hydrogens is 290 g/mol. The van der Waals surface area contributed by atoms with Gasteiger partial charge >= 0.3 is 5.97 Å². The van der Waals surface area contributed by atoms with Crippen molar-refractivity contribution >= 4 is 11.9 Å². The van der Waals surface area contributed by atoms with Crippen LogP contribution in [0.5, 0.6) is 5.75 Å². The van der Waals surface area contributed by atoms with Crippen LogP contribution in [0, 0.1) is 6.92 Å². The minimum atomic E-state index is -1.00. The van der Waals surface area contributed by atoms with Gasteiger partial charge in [0.05, 0.1) is 5.56 Å². The van der Waals surface area contributed by atoms with Crippen LogP contribution in [0.15, 0.2) is 12.1 Å². The van der Waals surface area contributed by atoms with E-state index in [4.69, 9.17) is 14.9 Å². The number of benzene rings is 1. The van der Waals surface area contributed by atoms with Gasteiger partial charge in [0, 0.05) is 6.54 Å². The third-order valence-corrected chi connectivity index (χ3v) is 3.08. The number of carboxylic acid groups (broad SMARTS) is 1. The Morgan fingerprint density at radius 3 is 2.59 bits per heavy atom. The first-order chi connectivity index (χ1) is 10.4. The molecule has 0 heterocycles. The van der Waals surface area contributed by atoms with Crippen LogP contribution in [0.25, 0.3) is 0 Å². The molecule has 1 aromatic rings. The summed E-state index contributed by atoms with van der Waals surface area (Å²) in [7, 11) is 0. The van der Waals surface area contributed by atoms with E-state index in [-0.39, 0.29) is 18.7 Å². The second kappa shape index (κ2) is 8.35. The fourth-order valence-corrected chi connectivity index (χ4v) is 1.97. The maximum absolute atomic E-state index is 11.0. The lowest BCUT2D eigenvalue weighted by molar-refractivity contribution is -0.124. The molecular formula is C15H21NO6. The second-order valence-electron chi connectivity index (χ2n) is 4.87. The highest BCUT2D eigenvalue weighted by Gasteiger charge is 2.14. The van der Waals surface area contributed by atoms with E-state index in [2.05, 4.69) is 5.32 Å². The highest BCUT2D eigenvalue weighted by atomic mass is 16.5. The molecule has 7 nitrogen and oxygen atoms in total. The maximum atomic E-state index is 11.0. The molecule has 1 rings (SSSR count). The monoisotopic (exact) mass is 311 g/mol. The van der Waals surface area contributed by atoms with E-state index in [1.807, 2.05) is 6.92 Å². The van der Waals surface area contributed by atoms with Crippen molar-refractivity contribution in [2.24, 2.45) is 0 Å². The van der Waals surface area contributed by atoms with Gasteiger partial charge in [-0.2, -0.15) is 0 Å². The largest absolute Gasteiger partial charge is 0.490 e. The summed E-state index contributed by atoms with van der Waals surface area (Å²) in [6.07, 6.45) is -0.340. The molecule has 4 N–H and O–H groups in total. The SMILES string of the molecule is CCc1cc(C(=O)O)cc(C)c1OCC(O)CNC(=O)CO. The Bertz CT molecular complexity index is 543. The normalized spacial score (nSPS) is 11.8. The number of aryl methyl sites for hydroxylation is 2. The Morgan fingerprint density at radius 2 is 2.05 bits per heavy atom. The zero-order valence-corrected chi connectivity index (χ0v) is 12.6. The number of hydrogen-bond acceptors (Lipinski definition) is 5. The first kappa shape index (κ1) is 17.9. The molecule has 122 valence electrons. The van der Waals surface area contributed by atoms with Gasteiger partial charge in [0.1, 0.15) is 25.1 Å². The molecule has 0 radical (unpaired) electrons. The average molecular weight is 311 g/mol. The summed E-state index contributed by atoms with van der Waals surface area (Å²) in [6.45, 7) is 2.90. The van der Waals surface area contributed by atoms with Crippen LogP contribution in [-0.2, 0) is 11.2 Å². The lowest BCUT2D eigenvalue weighted by Gasteiger charge is -2.17. The quantitative estimate of drug-likeness (QED) is 0.541. The summed E-state index contributed by atoms with van der Waals surface area (Å²) in [4.78, 5) is 21.9. The minimum Gasteiger partial charge on any atom is -0.490 e. The van der Waals surface area contributed by atoms with Crippen molar-refractivity contribution in [2.75, 3.05) is 19.8 Å². The van der Waals surface area contributed by atoms with Crippen LogP contribution in [-0.4, -0.2) is 53.1 Å². The summed E-state index contributed by atoms with van der Waals surface area (Å²) < 4.78 is 5.56. The topological polar surface area (TPSA) is 116 Å². The van der Waals surface area contributed by atoms with Crippen LogP contribution in [0.1, 0.15) is 28.4 Å². The molecule has 0 aliphatic carbocycles.